The summed E-state index contributed by atoms with van der Waals surface area (Å²) >= 11 is 0. The maximum Gasteiger partial charge on any atom is 0.271 e. The van der Waals surface area contributed by atoms with Crippen LogP contribution >= 0.6 is 0 Å². The topological polar surface area (TPSA) is 67.2 Å². The molecule has 1 N–H and O–H groups in total. The standard InChI is InChI=1S/C22H30N4O2/c1-16(2)13-17-6-8-18(9-7-17)14-26-12-4-5-19(15-26)23-22(28)20-10-11-21(27)25(3)24-20/h6-11,16,19H,4-5,12-15H2,1-3H3,(H,23,28)/t19-/m1/s1. The highest BCUT2D eigenvalue weighted by Crippen LogP contribution is 2.16. The number of benzene rings is 1. The van der Waals surface area contributed by atoms with Gasteiger partial charge in [-0.25, -0.2) is 4.68 Å². The predicted octanol–water partition coefficient (Wildman–Crippen LogP) is 2.37. The molecule has 3 rings (SSSR count). The Hall–Kier alpha value is -2.47. The van der Waals surface area contributed by atoms with Crippen LogP contribution in [0.25, 0.3) is 0 Å². The zero-order valence-electron chi connectivity index (χ0n) is 17.0. The van der Waals surface area contributed by atoms with Gasteiger partial charge < -0.3 is 5.32 Å². The van der Waals surface area contributed by atoms with Crippen molar-refractivity contribution in [3.63, 3.8) is 0 Å². The monoisotopic (exact) mass is 382 g/mol. The Balaban J connectivity index is 1.55. The summed E-state index contributed by atoms with van der Waals surface area (Å²) in [6.45, 7) is 7.23. The smallest absolute Gasteiger partial charge is 0.271 e. The van der Waals surface area contributed by atoms with Crippen molar-refractivity contribution in [2.24, 2.45) is 13.0 Å². The van der Waals surface area contributed by atoms with Crippen molar-refractivity contribution < 1.29 is 4.79 Å². The lowest BCUT2D eigenvalue weighted by molar-refractivity contribution is 0.0893. The zero-order valence-corrected chi connectivity index (χ0v) is 17.0. The van der Waals surface area contributed by atoms with Crippen LogP contribution in [0.4, 0.5) is 0 Å². The average molecular weight is 383 g/mol. The molecule has 0 unspecified atom stereocenters. The van der Waals surface area contributed by atoms with Crippen molar-refractivity contribution in [1.29, 1.82) is 0 Å². The van der Waals surface area contributed by atoms with E-state index in [2.05, 4.69) is 53.4 Å². The molecular weight excluding hydrogens is 352 g/mol. The van der Waals surface area contributed by atoms with Gasteiger partial charge in [0, 0.05) is 32.2 Å². The van der Waals surface area contributed by atoms with Crippen molar-refractivity contribution in [2.75, 3.05) is 13.1 Å². The summed E-state index contributed by atoms with van der Waals surface area (Å²) in [5, 5.41) is 7.10. The molecule has 150 valence electrons. The number of nitrogens with one attached hydrogen (secondary N) is 1. The molecule has 1 saturated heterocycles. The Morgan fingerprint density at radius 2 is 1.89 bits per heavy atom. The average Bonchev–Trinajstić information content (AvgIpc) is 2.65. The van der Waals surface area contributed by atoms with E-state index in [1.54, 1.807) is 7.05 Å². The van der Waals surface area contributed by atoms with E-state index in [1.165, 1.54) is 27.9 Å². The van der Waals surface area contributed by atoms with E-state index >= 15 is 0 Å². The minimum Gasteiger partial charge on any atom is -0.347 e. The first kappa shape index (κ1) is 20.3. The molecule has 0 spiro atoms. The quantitative estimate of drug-likeness (QED) is 0.833. The second kappa shape index (κ2) is 9.15. The number of hydrogen-bond donors (Lipinski definition) is 1. The molecule has 0 aliphatic carbocycles. The molecule has 1 aliphatic heterocycles. The normalized spacial score (nSPS) is 17.6. The van der Waals surface area contributed by atoms with Gasteiger partial charge in [0.15, 0.2) is 0 Å². The summed E-state index contributed by atoms with van der Waals surface area (Å²) in [5.74, 6) is 0.444. The minimum absolute atomic E-state index is 0.0977. The van der Waals surface area contributed by atoms with Crippen LogP contribution in [0.5, 0.6) is 0 Å². The Morgan fingerprint density at radius 1 is 1.18 bits per heavy atom. The molecular formula is C22H30N4O2. The number of aryl methyl sites for hydroxylation is 1. The fourth-order valence-electron chi connectivity index (χ4n) is 3.71. The molecule has 0 radical (unpaired) electrons. The van der Waals surface area contributed by atoms with Gasteiger partial charge in [0.05, 0.1) is 0 Å². The molecule has 6 heteroatoms. The summed E-state index contributed by atoms with van der Waals surface area (Å²) in [5.41, 5.74) is 2.74. The van der Waals surface area contributed by atoms with Crippen LogP contribution < -0.4 is 10.9 Å². The number of aromatic nitrogens is 2. The number of rotatable bonds is 6. The van der Waals surface area contributed by atoms with E-state index in [4.69, 9.17) is 0 Å². The van der Waals surface area contributed by atoms with Gasteiger partial charge in [-0.15, -0.1) is 0 Å². The number of hydrogen-bond acceptors (Lipinski definition) is 4. The number of nitrogens with zero attached hydrogens (tertiary/aromatic N) is 3. The van der Waals surface area contributed by atoms with Crippen LogP contribution in [0, 0.1) is 5.92 Å². The lowest BCUT2D eigenvalue weighted by Gasteiger charge is -2.33. The number of amides is 1. The van der Waals surface area contributed by atoms with Crippen molar-refractivity contribution in [1.82, 2.24) is 20.0 Å². The summed E-state index contributed by atoms with van der Waals surface area (Å²) in [6, 6.07) is 11.8. The van der Waals surface area contributed by atoms with E-state index < -0.39 is 0 Å². The molecule has 28 heavy (non-hydrogen) atoms. The molecule has 1 aromatic heterocycles. The van der Waals surface area contributed by atoms with E-state index in [0.717, 1.165) is 38.9 Å². The predicted molar refractivity (Wildman–Crippen MR) is 110 cm³/mol. The third-order valence-electron chi connectivity index (χ3n) is 5.11. The largest absolute Gasteiger partial charge is 0.347 e. The second-order valence-electron chi connectivity index (χ2n) is 8.14. The van der Waals surface area contributed by atoms with Gasteiger partial charge in [0.25, 0.3) is 11.5 Å². The third kappa shape index (κ3) is 5.52. The van der Waals surface area contributed by atoms with Crippen molar-refractivity contribution in [2.45, 2.75) is 45.7 Å². The fraction of sp³-hybridized carbons (Fsp3) is 0.500. The van der Waals surface area contributed by atoms with E-state index in [0.29, 0.717) is 5.92 Å². The first-order chi connectivity index (χ1) is 13.4. The molecule has 0 saturated carbocycles. The lowest BCUT2D eigenvalue weighted by Crippen LogP contribution is -2.47. The number of carbonyl (C=O) groups excluding carboxylic acids is 1. The molecule has 1 aliphatic rings. The van der Waals surface area contributed by atoms with E-state index in [-0.39, 0.29) is 23.2 Å². The summed E-state index contributed by atoms with van der Waals surface area (Å²) in [6.07, 6.45) is 3.12. The second-order valence-corrected chi connectivity index (χ2v) is 8.14. The minimum atomic E-state index is -0.222. The van der Waals surface area contributed by atoms with Gasteiger partial charge in [0.1, 0.15) is 5.69 Å². The molecule has 1 fully saturated rings. The van der Waals surface area contributed by atoms with Gasteiger partial charge in [0.2, 0.25) is 0 Å². The summed E-state index contributed by atoms with van der Waals surface area (Å²) in [4.78, 5) is 26.3. The Labute approximate surface area is 166 Å². The highest BCUT2D eigenvalue weighted by atomic mass is 16.2. The Morgan fingerprint density at radius 3 is 2.57 bits per heavy atom. The first-order valence-corrected chi connectivity index (χ1v) is 10.1. The first-order valence-electron chi connectivity index (χ1n) is 10.1. The molecule has 0 bridgehead atoms. The number of carbonyl (C=O) groups is 1. The Kier molecular flexibility index (Phi) is 6.62. The van der Waals surface area contributed by atoms with Crippen molar-refractivity contribution in [3.05, 3.63) is 63.6 Å². The van der Waals surface area contributed by atoms with Crippen LogP contribution in [0.1, 0.15) is 48.3 Å². The van der Waals surface area contributed by atoms with E-state index in [9.17, 15) is 9.59 Å². The molecule has 6 nitrogen and oxygen atoms in total. The van der Waals surface area contributed by atoms with Gasteiger partial charge in [-0.3, -0.25) is 14.5 Å². The van der Waals surface area contributed by atoms with E-state index in [1.807, 2.05) is 0 Å². The van der Waals surface area contributed by atoms with Crippen LogP contribution in [0.3, 0.4) is 0 Å². The number of piperidine rings is 1. The van der Waals surface area contributed by atoms with Crippen LogP contribution in [0.2, 0.25) is 0 Å². The lowest BCUT2D eigenvalue weighted by atomic mass is 10.0. The van der Waals surface area contributed by atoms with Gasteiger partial charge >= 0.3 is 0 Å². The van der Waals surface area contributed by atoms with Crippen LogP contribution in [-0.2, 0) is 20.0 Å². The SMILES string of the molecule is CC(C)Cc1ccc(CN2CCC[C@@H](NC(=O)c3ccc(=O)n(C)n3)C2)cc1. The van der Waals surface area contributed by atoms with Crippen LogP contribution in [0.15, 0.2) is 41.2 Å². The third-order valence-corrected chi connectivity index (χ3v) is 5.11. The fourth-order valence-corrected chi connectivity index (χ4v) is 3.71. The highest BCUT2D eigenvalue weighted by Gasteiger charge is 2.22. The van der Waals surface area contributed by atoms with Gasteiger partial charge in [-0.2, -0.15) is 5.10 Å². The summed E-state index contributed by atoms with van der Waals surface area (Å²) in [7, 11) is 1.55. The molecule has 2 aromatic rings. The molecule has 1 aromatic carbocycles. The zero-order chi connectivity index (χ0) is 20.1. The molecule has 1 amide bonds. The Bertz CT molecular complexity index is 858. The maximum absolute atomic E-state index is 12.5. The molecule has 2 heterocycles. The molecule has 1 atom stereocenters. The number of likely N-dealkylation sites (tertiary alicyclic amines) is 1. The summed E-state index contributed by atoms with van der Waals surface area (Å²) < 4.78 is 1.19. The maximum atomic E-state index is 12.5. The van der Waals surface area contributed by atoms with Gasteiger partial charge in [-0.1, -0.05) is 38.1 Å². The van der Waals surface area contributed by atoms with Crippen molar-refractivity contribution in [3.8, 4) is 0 Å². The van der Waals surface area contributed by atoms with Gasteiger partial charge in [-0.05, 0) is 48.9 Å². The highest BCUT2D eigenvalue weighted by molar-refractivity contribution is 5.92. The van der Waals surface area contributed by atoms with Crippen LogP contribution in [-0.4, -0.2) is 39.7 Å². The van der Waals surface area contributed by atoms with Crippen molar-refractivity contribution >= 4 is 5.91 Å².